The zero-order valence-corrected chi connectivity index (χ0v) is 13.8. The number of carboxylic acid groups (broad SMARTS) is 1. The first-order valence-corrected chi connectivity index (χ1v) is 8.61. The van der Waals surface area contributed by atoms with E-state index in [-0.39, 0.29) is 23.2 Å². The molecule has 0 aliphatic heterocycles. The van der Waals surface area contributed by atoms with Gasteiger partial charge in [-0.3, -0.25) is 9.59 Å². The Morgan fingerprint density at radius 3 is 2.33 bits per heavy atom. The van der Waals surface area contributed by atoms with Gasteiger partial charge in [0, 0.05) is 10.8 Å². The third-order valence-corrected chi connectivity index (χ3v) is 6.44. The van der Waals surface area contributed by atoms with Crippen molar-refractivity contribution in [3.05, 3.63) is 21.9 Å². The van der Waals surface area contributed by atoms with Gasteiger partial charge in [0.05, 0.1) is 12.0 Å². The van der Waals surface area contributed by atoms with Gasteiger partial charge in [0.1, 0.15) is 4.88 Å². The van der Waals surface area contributed by atoms with Crippen LogP contribution in [0.5, 0.6) is 0 Å². The van der Waals surface area contributed by atoms with Crippen LogP contribution in [0.1, 0.15) is 48.4 Å². The number of carboxylic acids is 1. The van der Waals surface area contributed by atoms with Crippen LogP contribution in [0.2, 0.25) is 0 Å². The molecule has 1 unspecified atom stereocenters. The molecular weight excluding hydrogens is 343 g/mol. The second-order valence-corrected chi connectivity index (χ2v) is 8.09. The first-order valence-electron chi connectivity index (χ1n) is 7.80. The third kappa shape index (κ3) is 3.16. The molecule has 0 bridgehead atoms. The van der Waals surface area contributed by atoms with Crippen molar-refractivity contribution >= 4 is 23.2 Å². The summed E-state index contributed by atoms with van der Waals surface area (Å²) in [5, 5.41) is 11.7. The van der Waals surface area contributed by atoms with Crippen LogP contribution in [0.4, 0.5) is 13.2 Å². The van der Waals surface area contributed by atoms with E-state index in [9.17, 15) is 22.8 Å². The molecule has 2 saturated carbocycles. The summed E-state index contributed by atoms with van der Waals surface area (Å²) in [5.74, 6) is -1.39. The molecule has 1 atom stereocenters. The van der Waals surface area contributed by atoms with Gasteiger partial charge < -0.3 is 10.4 Å². The van der Waals surface area contributed by atoms with Gasteiger partial charge in [-0.1, -0.05) is 0 Å². The average Bonchev–Trinajstić information content (AvgIpc) is 2.83. The zero-order valence-electron chi connectivity index (χ0n) is 13.0. The van der Waals surface area contributed by atoms with E-state index in [1.54, 1.807) is 6.92 Å². The number of carbonyl (C=O) groups excluding carboxylic acids is 1. The Bertz CT molecular complexity index is 656. The lowest BCUT2D eigenvalue weighted by atomic mass is 9.48. The quantitative estimate of drug-likeness (QED) is 0.856. The van der Waals surface area contributed by atoms with E-state index in [1.165, 1.54) is 6.07 Å². The smallest absolute Gasteiger partial charge is 0.425 e. The summed E-state index contributed by atoms with van der Waals surface area (Å²) in [4.78, 5) is 22.9. The molecule has 24 heavy (non-hydrogen) atoms. The van der Waals surface area contributed by atoms with Crippen LogP contribution in [0.25, 0.3) is 0 Å². The van der Waals surface area contributed by atoms with Crippen molar-refractivity contribution in [2.24, 2.45) is 17.3 Å². The number of aliphatic carboxylic acids is 1. The summed E-state index contributed by atoms with van der Waals surface area (Å²) in [6.07, 6.45) is -1.76. The first kappa shape index (κ1) is 17.3. The largest absolute Gasteiger partial charge is 0.481 e. The summed E-state index contributed by atoms with van der Waals surface area (Å²) in [6, 6.07) is 1.95. The monoisotopic (exact) mass is 361 g/mol. The van der Waals surface area contributed by atoms with Crippen molar-refractivity contribution in [1.29, 1.82) is 0 Å². The second-order valence-electron chi connectivity index (χ2n) is 6.98. The van der Waals surface area contributed by atoms with Gasteiger partial charge in [0.15, 0.2) is 0 Å². The van der Waals surface area contributed by atoms with E-state index in [4.69, 9.17) is 5.11 Å². The van der Waals surface area contributed by atoms with Crippen LogP contribution in [0.15, 0.2) is 12.1 Å². The summed E-state index contributed by atoms with van der Waals surface area (Å²) in [6.45, 7) is 1.67. The molecule has 1 aromatic heterocycles. The van der Waals surface area contributed by atoms with E-state index < -0.39 is 23.1 Å². The van der Waals surface area contributed by atoms with Crippen LogP contribution in [0.3, 0.4) is 0 Å². The van der Waals surface area contributed by atoms with Gasteiger partial charge in [0.25, 0.3) is 0 Å². The van der Waals surface area contributed by atoms with Crippen LogP contribution >= 0.6 is 11.3 Å². The minimum atomic E-state index is -4.36. The van der Waals surface area contributed by atoms with E-state index in [2.05, 4.69) is 5.32 Å². The molecule has 1 aromatic rings. The third-order valence-electron chi connectivity index (χ3n) is 5.13. The molecule has 8 heteroatoms. The Kier molecular flexibility index (Phi) is 4.14. The van der Waals surface area contributed by atoms with Crippen molar-refractivity contribution in [2.75, 3.05) is 0 Å². The number of halogens is 3. The molecule has 2 N–H and O–H groups in total. The van der Waals surface area contributed by atoms with Gasteiger partial charge in [-0.25, -0.2) is 0 Å². The minimum absolute atomic E-state index is 0.000682. The van der Waals surface area contributed by atoms with Gasteiger partial charge >= 0.3 is 12.1 Å². The highest BCUT2D eigenvalue weighted by Crippen LogP contribution is 2.61. The van der Waals surface area contributed by atoms with Crippen molar-refractivity contribution < 1.29 is 27.9 Å². The number of thiophene rings is 1. The number of amides is 1. The molecule has 0 saturated heterocycles. The molecule has 132 valence electrons. The molecule has 4 nitrogen and oxygen atoms in total. The van der Waals surface area contributed by atoms with Crippen LogP contribution in [-0.2, 0) is 15.8 Å². The summed E-state index contributed by atoms with van der Waals surface area (Å²) < 4.78 is 37.9. The number of hydrogen-bond acceptors (Lipinski definition) is 3. The Labute approximate surface area is 141 Å². The lowest BCUT2D eigenvalue weighted by Gasteiger charge is -2.56. The van der Waals surface area contributed by atoms with Gasteiger partial charge in [-0.15, -0.1) is 11.3 Å². The van der Waals surface area contributed by atoms with Gasteiger partial charge in [-0.05, 0) is 50.2 Å². The topological polar surface area (TPSA) is 66.4 Å². The lowest BCUT2D eigenvalue weighted by molar-refractivity contribution is -0.161. The van der Waals surface area contributed by atoms with E-state index >= 15 is 0 Å². The fourth-order valence-corrected chi connectivity index (χ4v) is 4.68. The van der Waals surface area contributed by atoms with Gasteiger partial charge in [0.2, 0.25) is 5.91 Å². The lowest BCUT2D eigenvalue weighted by Crippen LogP contribution is -2.53. The van der Waals surface area contributed by atoms with Gasteiger partial charge in [-0.2, -0.15) is 13.2 Å². The molecule has 3 rings (SSSR count). The first-order chi connectivity index (χ1) is 11.1. The fraction of sp³-hybridized carbons (Fsp3) is 0.625. The van der Waals surface area contributed by atoms with Crippen molar-refractivity contribution in [1.82, 2.24) is 5.32 Å². The fourth-order valence-electron chi connectivity index (χ4n) is 3.80. The van der Waals surface area contributed by atoms with Crippen LogP contribution in [-0.4, -0.2) is 17.0 Å². The summed E-state index contributed by atoms with van der Waals surface area (Å²) >= 11 is 0.641. The predicted octanol–water partition coefficient (Wildman–Crippen LogP) is 3.84. The molecule has 2 aliphatic rings. The number of alkyl halides is 3. The van der Waals surface area contributed by atoms with Crippen molar-refractivity contribution in [2.45, 2.75) is 44.8 Å². The molecule has 2 fully saturated rings. The SMILES string of the molecule is CC(NC(=O)C1CC2(CC(C(=O)O)C2)C1)c1ccc(C(F)(F)F)s1. The number of carbonyl (C=O) groups is 2. The van der Waals surface area contributed by atoms with Crippen molar-refractivity contribution in [3.63, 3.8) is 0 Å². The molecule has 1 heterocycles. The number of hydrogen-bond donors (Lipinski definition) is 2. The maximum Gasteiger partial charge on any atom is 0.425 e. The maximum atomic E-state index is 12.6. The van der Waals surface area contributed by atoms with E-state index in [0.29, 0.717) is 41.9 Å². The van der Waals surface area contributed by atoms with E-state index in [1.807, 2.05) is 0 Å². The molecule has 1 spiro atoms. The Balaban J connectivity index is 1.50. The number of nitrogens with one attached hydrogen (secondary N) is 1. The predicted molar refractivity (Wildman–Crippen MR) is 81.4 cm³/mol. The Hall–Kier alpha value is -1.57. The highest BCUT2D eigenvalue weighted by atomic mass is 32.1. The van der Waals surface area contributed by atoms with E-state index in [0.717, 1.165) is 6.07 Å². The average molecular weight is 361 g/mol. The van der Waals surface area contributed by atoms with Crippen LogP contribution < -0.4 is 5.32 Å². The molecule has 0 radical (unpaired) electrons. The maximum absolute atomic E-state index is 12.6. The summed E-state index contributed by atoms with van der Waals surface area (Å²) in [5.41, 5.74) is 0.000682. The molecular formula is C16H18F3NO3S. The normalized spacial score (nSPS) is 30.3. The Morgan fingerprint density at radius 2 is 1.83 bits per heavy atom. The van der Waals surface area contributed by atoms with Crippen molar-refractivity contribution in [3.8, 4) is 0 Å². The minimum Gasteiger partial charge on any atom is -0.481 e. The standard InChI is InChI=1S/C16H18F3NO3S/c1-8(11-2-3-12(24-11)16(17,18)19)20-13(21)9-4-15(5-9)6-10(7-15)14(22)23/h2-3,8-10H,4-7H2,1H3,(H,20,21)(H,22,23). The highest BCUT2D eigenvalue weighted by molar-refractivity contribution is 7.12. The molecule has 2 aliphatic carbocycles. The van der Waals surface area contributed by atoms with Crippen LogP contribution in [0, 0.1) is 17.3 Å². The second kappa shape index (κ2) is 5.75. The summed E-state index contributed by atoms with van der Waals surface area (Å²) in [7, 11) is 0. The number of rotatable bonds is 4. The molecule has 1 amide bonds. The highest BCUT2D eigenvalue weighted by Gasteiger charge is 2.56. The molecule has 0 aromatic carbocycles. The zero-order chi connectivity index (χ0) is 17.7. The Morgan fingerprint density at radius 1 is 1.25 bits per heavy atom.